The van der Waals surface area contributed by atoms with Gasteiger partial charge in [-0.15, -0.1) is 0 Å². The van der Waals surface area contributed by atoms with Gasteiger partial charge >= 0.3 is 0 Å². The van der Waals surface area contributed by atoms with Gasteiger partial charge in [-0.3, -0.25) is 9.59 Å². The van der Waals surface area contributed by atoms with Crippen molar-refractivity contribution >= 4 is 11.6 Å². The number of pyridine rings is 1. The van der Waals surface area contributed by atoms with E-state index in [0.29, 0.717) is 23.5 Å². The molecule has 1 aliphatic heterocycles. The first kappa shape index (κ1) is 20.7. The Hall–Kier alpha value is -3.54. The van der Waals surface area contributed by atoms with Gasteiger partial charge in [0.2, 0.25) is 0 Å². The number of nitrogens with one attached hydrogen (secondary N) is 2. The van der Waals surface area contributed by atoms with Gasteiger partial charge in [-0.25, -0.2) is 0 Å². The minimum Gasteiger partial charge on any atom is -0.490 e. The second-order valence-electron chi connectivity index (χ2n) is 7.94. The van der Waals surface area contributed by atoms with Gasteiger partial charge in [0.25, 0.3) is 11.5 Å². The lowest BCUT2D eigenvalue weighted by Crippen LogP contribution is -2.35. The number of aryl methyl sites for hydroxylation is 2. The van der Waals surface area contributed by atoms with Crippen LogP contribution in [-0.2, 0) is 6.54 Å². The van der Waals surface area contributed by atoms with Crippen molar-refractivity contribution in [2.75, 3.05) is 18.1 Å². The third-order valence-electron chi connectivity index (χ3n) is 5.79. The molecule has 1 aliphatic rings. The Kier molecular flexibility index (Phi) is 5.80. The average Bonchev–Trinajstić information content (AvgIpc) is 2.77. The van der Waals surface area contributed by atoms with Crippen molar-refractivity contribution in [3.63, 3.8) is 0 Å². The van der Waals surface area contributed by atoms with Crippen molar-refractivity contribution < 1.29 is 9.53 Å². The summed E-state index contributed by atoms with van der Waals surface area (Å²) >= 11 is 0. The van der Waals surface area contributed by atoms with Crippen LogP contribution in [0, 0.1) is 13.8 Å². The van der Waals surface area contributed by atoms with Crippen LogP contribution in [0.5, 0.6) is 5.75 Å². The van der Waals surface area contributed by atoms with E-state index in [-0.39, 0.29) is 24.1 Å². The van der Waals surface area contributed by atoms with Gasteiger partial charge in [-0.05, 0) is 56.2 Å². The topological polar surface area (TPSA) is 74.4 Å². The molecule has 0 spiro atoms. The number of hydrogen-bond donors (Lipinski definition) is 2. The minimum atomic E-state index is -0.237. The lowest BCUT2D eigenvalue weighted by molar-refractivity contribution is 0.0950. The fourth-order valence-electron chi connectivity index (χ4n) is 4.07. The SMILES string of the molecule is Cc1cc(C)c(CNC(=O)c2ccc3c(c2)OCCN3C(C)c2ccccc2)c(=O)[nH]1. The van der Waals surface area contributed by atoms with Gasteiger partial charge in [0.05, 0.1) is 18.3 Å². The molecule has 1 atom stereocenters. The Morgan fingerprint density at radius 1 is 1.16 bits per heavy atom. The molecule has 0 fully saturated rings. The lowest BCUT2D eigenvalue weighted by atomic mass is 10.0. The van der Waals surface area contributed by atoms with Crippen LogP contribution in [0.25, 0.3) is 0 Å². The zero-order valence-corrected chi connectivity index (χ0v) is 18.1. The largest absolute Gasteiger partial charge is 0.490 e. The smallest absolute Gasteiger partial charge is 0.253 e. The van der Waals surface area contributed by atoms with Gasteiger partial charge in [0.15, 0.2) is 0 Å². The summed E-state index contributed by atoms with van der Waals surface area (Å²) in [6.07, 6.45) is 0. The number of ether oxygens (including phenoxy) is 1. The van der Waals surface area contributed by atoms with Gasteiger partial charge in [0.1, 0.15) is 12.4 Å². The Labute approximate surface area is 181 Å². The highest BCUT2D eigenvalue weighted by atomic mass is 16.5. The number of rotatable bonds is 5. The molecule has 6 heteroatoms. The molecule has 4 rings (SSSR count). The highest BCUT2D eigenvalue weighted by Crippen LogP contribution is 2.37. The number of anilines is 1. The predicted molar refractivity (Wildman–Crippen MR) is 122 cm³/mol. The maximum atomic E-state index is 12.7. The van der Waals surface area contributed by atoms with Crippen LogP contribution in [0.1, 0.15) is 45.7 Å². The molecule has 1 unspecified atom stereocenters. The summed E-state index contributed by atoms with van der Waals surface area (Å²) < 4.78 is 5.87. The molecule has 0 bridgehead atoms. The summed E-state index contributed by atoms with van der Waals surface area (Å²) in [4.78, 5) is 30.0. The molecule has 2 N–H and O–H groups in total. The van der Waals surface area contributed by atoms with Crippen molar-refractivity contribution in [2.45, 2.75) is 33.4 Å². The van der Waals surface area contributed by atoms with Crippen molar-refractivity contribution in [3.8, 4) is 5.75 Å². The van der Waals surface area contributed by atoms with Crippen LogP contribution in [0.2, 0.25) is 0 Å². The molecule has 0 saturated carbocycles. The standard InChI is InChI=1S/C25H27N3O3/c1-16-13-17(2)27-25(30)21(16)15-26-24(29)20-9-10-22-23(14-20)31-12-11-28(22)18(3)19-7-5-4-6-8-19/h4-10,13-14,18H,11-12,15H2,1-3H3,(H,26,29)(H,27,30). The van der Waals surface area contributed by atoms with Gasteiger partial charge in [-0.1, -0.05) is 30.3 Å². The maximum Gasteiger partial charge on any atom is 0.253 e. The van der Waals surface area contributed by atoms with Crippen LogP contribution in [-0.4, -0.2) is 24.0 Å². The number of carbonyl (C=O) groups excluding carboxylic acids is 1. The summed E-state index contributed by atoms with van der Waals surface area (Å²) in [7, 11) is 0. The van der Waals surface area contributed by atoms with E-state index in [1.165, 1.54) is 5.56 Å². The Balaban J connectivity index is 1.51. The first-order valence-corrected chi connectivity index (χ1v) is 10.5. The predicted octanol–water partition coefficient (Wildman–Crippen LogP) is 3.88. The molecular formula is C25H27N3O3. The van der Waals surface area contributed by atoms with Gasteiger partial charge < -0.3 is 19.9 Å². The number of amides is 1. The number of aromatic amines is 1. The van der Waals surface area contributed by atoms with E-state index < -0.39 is 0 Å². The molecule has 1 amide bonds. The molecule has 160 valence electrons. The average molecular weight is 418 g/mol. The quantitative estimate of drug-likeness (QED) is 0.661. The van der Waals surface area contributed by atoms with Crippen molar-refractivity contribution in [1.29, 1.82) is 0 Å². The molecule has 6 nitrogen and oxygen atoms in total. The van der Waals surface area contributed by atoms with E-state index in [1.807, 2.05) is 44.2 Å². The third kappa shape index (κ3) is 4.33. The fourth-order valence-corrected chi connectivity index (χ4v) is 4.07. The van der Waals surface area contributed by atoms with Gasteiger partial charge in [-0.2, -0.15) is 0 Å². The molecule has 1 aromatic heterocycles. The van der Waals surface area contributed by atoms with Crippen LogP contribution < -0.4 is 20.5 Å². The highest BCUT2D eigenvalue weighted by Gasteiger charge is 2.24. The van der Waals surface area contributed by atoms with Crippen LogP contribution in [0.4, 0.5) is 5.69 Å². The normalized spacial score (nSPS) is 13.8. The fraction of sp³-hybridized carbons (Fsp3) is 0.280. The van der Waals surface area contributed by atoms with Crippen LogP contribution in [0.15, 0.2) is 59.4 Å². The van der Waals surface area contributed by atoms with E-state index in [0.717, 1.165) is 23.5 Å². The summed E-state index contributed by atoms with van der Waals surface area (Å²) in [6.45, 7) is 7.41. The second-order valence-corrected chi connectivity index (χ2v) is 7.94. The Morgan fingerprint density at radius 2 is 1.94 bits per heavy atom. The van der Waals surface area contributed by atoms with E-state index in [1.54, 1.807) is 12.1 Å². The molecule has 0 aliphatic carbocycles. The van der Waals surface area contributed by atoms with E-state index in [4.69, 9.17) is 4.74 Å². The number of fused-ring (bicyclic) bond motifs is 1. The van der Waals surface area contributed by atoms with Crippen molar-refractivity contribution in [1.82, 2.24) is 10.3 Å². The highest BCUT2D eigenvalue weighted by molar-refractivity contribution is 5.95. The first-order chi connectivity index (χ1) is 14.9. The number of nitrogens with zero attached hydrogens (tertiary/aromatic N) is 1. The monoisotopic (exact) mass is 417 g/mol. The molecule has 31 heavy (non-hydrogen) atoms. The molecule has 2 heterocycles. The Morgan fingerprint density at radius 3 is 2.68 bits per heavy atom. The molecule has 2 aromatic carbocycles. The van der Waals surface area contributed by atoms with Gasteiger partial charge in [0, 0.05) is 23.4 Å². The van der Waals surface area contributed by atoms with E-state index >= 15 is 0 Å². The number of aromatic nitrogens is 1. The van der Waals surface area contributed by atoms with Crippen LogP contribution >= 0.6 is 0 Å². The number of carbonyl (C=O) groups is 1. The van der Waals surface area contributed by atoms with Crippen molar-refractivity contribution in [3.05, 3.63) is 92.9 Å². The zero-order chi connectivity index (χ0) is 22.0. The first-order valence-electron chi connectivity index (χ1n) is 10.5. The number of H-pyrrole nitrogens is 1. The summed E-state index contributed by atoms with van der Waals surface area (Å²) in [5.74, 6) is 0.463. The Bertz CT molecular complexity index is 1150. The van der Waals surface area contributed by atoms with Crippen molar-refractivity contribution in [2.24, 2.45) is 0 Å². The molecular weight excluding hydrogens is 390 g/mol. The zero-order valence-electron chi connectivity index (χ0n) is 18.1. The number of benzene rings is 2. The van der Waals surface area contributed by atoms with E-state index in [2.05, 4.69) is 34.3 Å². The molecule has 0 saturated heterocycles. The minimum absolute atomic E-state index is 0.169. The summed E-state index contributed by atoms with van der Waals surface area (Å²) in [5.41, 5.74) is 4.78. The summed E-state index contributed by atoms with van der Waals surface area (Å²) in [6, 6.07) is 18.0. The maximum absolute atomic E-state index is 12.7. The van der Waals surface area contributed by atoms with E-state index in [9.17, 15) is 9.59 Å². The summed E-state index contributed by atoms with van der Waals surface area (Å²) in [5, 5.41) is 2.85. The lowest BCUT2D eigenvalue weighted by Gasteiger charge is -2.36. The molecule has 0 radical (unpaired) electrons. The number of hydrogen-bond acceptors (Lipinski definition) is 4. The van der Waals surface area contributed by atoms with Crippen LogP contribution in [0.3, 0.4) is 0 Å². The second kappa shape index (κ2) is 8.68. The molecule has 3 aromatic rings. The third-order valence-corrected chi connectivity index (χ3v) is 5.79.